The molecule has 1 aromatic carbocycles. The lowest BCUT2D eigenvalue weighted by Crippen LogP contribution is -2.22. The molecule has 2 rings (SSSR count). The SMILES string of the molecule is Cc1ncc(CO)c(C=NC[C@H](c2ccccc2)N(C)C)c1O. The van der Waals surface area contributed by atoms with Gasteiger partial charge >= 0.3 is 0 Å². The quantitative estimate of drug-likeness (QED) is 0.803. The third kappa shape index (κ3) is 4.15. The number of aryl methyl sites for hydroxylation is 1. The number of benzene rings is 1. The molecule has 0 saturated carbocycles. The van der Waals surface area contributed by atoms with Gasteiger partial charge in [0.1, 0.15) is 5.75 Å². The van der Waals surface area contributed by atoms with Crippen molar-refractivity contribution in [2.45, 2.75) is 19.6 Å². The Labute approximate surface area is 137 Å². The third-order valence-electron chi connectivity index (χ3n) is 3.83. The lowest BCUT2D eigenvalue weighted by atomic mass is 10.1. The maximum absolute atomic E-state index is 10.1. The van der Waals surface area contributed by atoms with E-state index in [1.54, 1.807) is 19.3 Å². The fraction of sp³-hybridized carbons (Fsp3) is 0.333. The molecule has 0 amide bonds. The molecule has 0 unspecified atom stereocenters. The molecule has 0 aliphatic rings. The van der Waals surface area contributed by atoms with Crippen molar-refractivity contribution in [2.75, 3.05) is 20.6 Å². The highest BCUT2D eigenvalue weighted by Gasteiger charge is 2.13. The van der Waals surface area contributed by atoms with Gasteiger partial charge in [0.05, 0.1) is 24.9 Å². The fourth-order valence-electron chi connectivity index (χ4n) is 2.41. The lowest BCUT2D eigenvalue weighted by Gasteiger charge is -2.23. The summed E-state index contributed by atoms with van der Waals surface area (Å²) in [5.41, 5.74) is 2.81. The van der Waals surface area contributed by atoms with Crippen molar-refractivity contribution in [2.24, 2.45) is 4.99 Å². The molecule has 0 spiro atoms. The average molecular weight is 313 g/mol. The lowest BCUT2D eigenvalue weighted by molar-refractivity contribution is 0.280. The van der Waals surface area contributed by atoms with Crippen LogP contribution in [0.25, 0.3) is 0 Å². The van der Waals surface area contributed by atoms with E-state index in [0.29, 0.717) is 23.4 Å². The summed E-state index contributed by atoms with van der Waals surface area (Å²) in [7, 11) is 4.03. The van der Waals surface area contributed by atoms with E-state index in [0.717, 1.165) is 0 Å². The summed E-state index contributed by atoms with van der Waals surface area (Å²) in [5, 5.41) is 19.5. The zero-order chi connectivity index (χ0) is 16.8. The zero-order valence-corrected chi connectivity index (χ0v) is 13.8. The van der Waals surface area contributed by atoms with Crippen LogP contribution in [0, 0.1) is 6.92 Å². The van der Waals surface area contributed by atoms with Gasteiger partial charge in [-0.25, -0.2) is 0 Å². The molecular formula is C18H23N3O2. The highest BCUT2D eigenvalue weighted by atomic mass is 16.3. The smallest absolute Gasteiger partial charge is 0.145 e. The predicted molar refractivity (Wildman–Crippen MR) is 91.9 cm³/mol. The average Bonchev–Trinajstić information content (AvgIpc) is 2.55. The number of rotatable bonds is 6. The molecule has 1 atom stereocenters. The molecule has 23 heavy (non-hydrogen) atoms. The molecule has 5 nitrogen and oxygen atoms in total. The number of hydrogen-bond acceptors (Lipinski definition) is 5. The first kappa shape index (κ1) is 17.1. The van der Waals surface area contributed by atoms with Crippen LogP contribution in [0.3, 0.4) is 0 Å². The summed E-state index contributed by atoms with van der Waals surface area (Å²) in [6.45, 7) is 2.10. The Morgan fingerprint density at radius 1 is 1.26 bits per heavy atom. The Kier molecular flexibility index (Phi) is 5.84. The molecule has 0 bridgehead atoms. The summed E-state index contributed by atoms with van der Waals surface area (Å²) in [6, 6.07) is 10.3. The molecule has 0 aliphatic carbocycles. The number of nitrogens with zero attached hydrogens (tertiary/aromatic N) is 3. The molecule has 1 aromatic heterocycles. The van der Waals surface area contributed by atoms with Crippen LogP contribution in [0.5, 0.6) is 5.75 Å². The predicted octanol–water partition coefficient (Wildman–Crippen LogP) is 2.31. The molecule has 0 radical (unpaired) electrons. The Bertz CT molecular complexity index is 669. The van der Waals surface area contributed by atoms with E-state index in [4.69, 9.17) is 0 Å². The van der Waals surface area contributed by atoms with Crippen LogP contribution in [0.2, 0.25) is 0 Å². The summed E-state index contributed by atoms with van der Waals surface area (Å²) >= 11 is 0. The van der Waals surface area contributed by atoms with Crippen molar-refractivity contribution in [1.82, 2.24) is 9.88 Å². The van der Waals surface area contributed by atoms with E-state index >= 15 is 0 Å². The van der Waals surface area contributed by atoms with Gasteiger partial charge in [0.25, 0.3) is 0 Å². The van der Waals surface area contributed by atoms with Crippen LogP contribution in [0.1, 0.15) is 28.4 Å². The number of aromatic nitrogens is 1. The topological polar surface area (TPSA) is 69.0 Å². The number of hydrogen-bond donors (Lipinski definition) is 2. The van der Waals surface area contributed by atoms with Crippen molar-refractivity contribution in [3.05, 3.63) is 58.9 Å². The van der Waals surface area contributed by atoms with Crippen LogP contribution >= 0.6 is 0 Å². The zero-order valence-electron chi connectivity index (χ0n) is 13.8. The summed E-state index contributed by atoms with van der Waals surface area (Å²) in [6.07, 6.45) is 3.19. The maximum Gasteiger partial charge on any atom is 0.145 e. The highest BCUT2D eigenvalue weighted by Crippen LogP contribution is 2.23. The van der Waals surface area contributed by atoms with E-state index < -0.39 is 0 Å². The van der Waals surface area contributed by atoms with E-state index in [2.05, 4.69) is 27.0 Å². The normalized spacial score (nSPS) is 12.9. The van der Waals surface area contributed by atoms with Gasteiger partial charge in [-0.15, -0.1) is 0 Å². The standard InChI is InChI=1S/C18H23N3O2/c1-13-18(23)16(15(12-22)9-20-13)10-19-11-17(21(2)3)14-7-5-4-6-8-14/h4-10,17,22-23H,11-12H2,1-3H3/t17-/m1/s1. The van der Waals surface area contributed by atoms with Crippen molar-refractivity contribution in [3.8, 4) is 5.75 Å². The second-order valence-corrected chi connectivity index (χ2v) is 5.67. The van der Waals surface area contributed by atoms with Crippen LogP contribution in [-0.2, 0) is 6.61 Å². The largest absolute Gasteiger partial charge is 0.505 e. The first-order chi connectivity index (χ1) is 11.0. The minimum atomic E-state index is -0.183. The van der Waals surface area contributed by atoms with Gasteiger partial charge in [-0.3, -0.25) is 9.98 Å². The molecule has 122 valence electrons. The molecule has 5 heteroatoms. The number of pyridine rings is 1. The minimum absolute atomic E-state index is 0.0708. The van der Waals surface area contributed by atoms with E-state index in [1.807, 2.05) is 32.3 Å². The molecule has 0 saturated heterocycles. The third-order valence-corrected chi connectivity index (χ3v) is 3.83. The van der Waals surface area contributed by atoms with Gasteiger partial charge in [-0.2, -0.15) is 0 Å². The number of aliphatic imine (C=N–C) groups is 1. The van der Waals surface area contributed by atoms with E-state index in [-0.39, 0.29) is 18.4 Å². The second kappa shape index (κ2) is 7.85. The number of aliphatic hydroxyl groups excluding tert-OH is 1. The Morgan fingerprint density at radius 3 is 2.57 bits per heavy atom. The molecule has 1 heterocycles. The molecule has 0 fully saturated rings. The van der Waals surface area contributed by atoms with Gasteiger partial charge < -0.3 is 15.1 Å². The van der Waals surface area contributed by atoms with Crippen LogP contribution in [0.4, 0.5) is 0 Å². The van der Waals surface area contributed by atoms with Gasteiger partial charge in [-0.05, 0) is 26.6 Å². The molecule has 2 N–H and O–H groups in total. The highest BCUT2D eigenvalue weighted by molar-refractivity contribution is 5.85. The van der Waals surface area contributed by atoms with E-state index in [9.17, 15) is 10.2 Å². The Hall–Kier alpha value is -2.24. The minimum Gasteiger partial charge on any atom is -0.505 e. The van der Waals surface area contributed by atoms with Crippen LogP contribution in [-0.4, -0.2) is 47.0 Å². The fourth-order valence-corrected chi connectivity index (χ4v) is 2.41. The van der Waals surface area contributed by atoms with E-state index in [1.165, 1.54) is 5.56 Å². The van der Waals surface area contributed by atoms with Gasteiger partial charge in [0.15, 0.2) is 0 Å². The van der Waals surface area contributed by atoms with Crippen molar-refractivity contribution in [1.29, 1.82) is 0 Å². The second-order valence-electron chi connectivity index (χ2n) is 5.67. The molecular weight excluding hydrogens is 290 g/mol. The number of aromatic hydroxyl groups is 1. The summed E-state index contributed by atoms with van der Waals surface area (Å²) < 4.78 is 0. The van der Waals surface area contributed by atoms with Gasteiger partial charge in [0.2, 0.25) is 0 Å². The Morgan fingerprint density at radius 2 is 1.96 bits per heavy atom. The van der Waals surface area contributed by atoms with Crippen molar-refractivity contribution >= 4 is 6.21 Å². The van der Waals surface area contributed by atoms with Crippen molar-refractivity contribution < 1.29 is 10.2 Å². The first-order valence-electron chi connectivity index (χ1n) is 7.54. The van der Waals surface area contributed by atoms with Crippen LogP contribution < -0.4 is 0 Å². The summed E-state index contributed by atoms with van der Waals surface area (Å²) in [4.78, 5) is 10.6. The number of likely N-dealkylation sites (N-methyl/N-ethyl adjacent to an activating group) is 1. The monoisotopic (exact) mass is 313 g/mol. The molecule has 0 aliphatic heterocycles. The van der Waals surface area contributed by atoms with Gasteiger partial charge in [0, 0.05) is 23.5 Å². The molecule has 2 aromatic rings. The number of aliphatic hydroxyl groups is 1. The summed E-state index contributed by atoms with van der Waals surface area (Å²) in [5.74, 6) is 0.0708. The van der Waals surface area contributed by atoms with Crippen LogP contribution in [0.15, 0.2) is 41.5 Å². The van der Waals surface area contributed by atoms with Gasteiger partial charge in [-0.1, -0.05) is 30.3 Å². The Balaban J connectivity index is 2.22. The first-order valence-corrected chi connectivity index (χ1v) is 7.54. The van der Waals surface area contributed by atoms with Crippen molar-refractivity contribution in [3.63, 3.8) is 0 Å². The maximum atomic E-state index is 10.1.